The van der Waals surface area contributed by atoms with E-state index < -0.39 is 12.0 Å². The van der Waals surface area contributed by atoms with Gasteiger partial charge in [-0.1, -0.05) is 206 Å². The van der Waals surface area contributed by atoms with Crippen LogP contribution in [0.25, 0.3) is 0 Å². The zero-order valence-electron chi connectivity index (χ0n) is 39.4. The Labute approximate surface area is 366 Å². The number of rotatable bonds is 48. The predicted molar refractivity (Wildman–Crippen MR) is 253 cm³/mol. The van der Waals surface area contributed by atoms with Gasteiger partial charge >= 0.3 is 11.9 Å². The van der Waals surface area contributed by atoms with Crippen molar-refractivity contribution in [3.8, 4) is 0 Å². The van der Waals surface area contributed by atoms with Gasteiger partial charge in [0.1, 0.15) is 12.1 Å². The number of carbonyl (C=O) groups is 3. The Hall–Kier alpha value is -1.89. The summed E-state index contributed by atoms with van der Waals surface area (Å²) in [4.78, 5) is 36.6. The van der Waals surface area contributed by atoms with E-state index in [1.54, 1.807) is 0 Å². The van der Waals surface area contributed by atoms with Crippen LogP contribution in [0.4, 0.5) is 0 Å². The number of hydrogen-bond acceptors (Lipinski definition) is 5. The van der Waals surface area contributed by atoms with Crippen LogP contribution in [0.15, 0.2) is 12.2 Å². The minimum Gasteiger partial charge on any atom is -0.480 e. The van der Waals surface area contributed by atoms with E-state index in [0.717, 1.165) is 70.6 Å². The summed E-state index contributed by atoms with van der Waals surface area (Å²) in [6.07, 6.45) is 54.1. The Morgan fingerprint density at radius 3 is 1.24 bits per heavy atom. The number of unbranched alkanes of at least 4 members (excludes halogenated alkanes) is 32. The first-order valence-electron chi connectivity index (χ1n) is 26.0. The normalized spacial score (nSPS) is 12.6. The molecule has 0 spiro atoms. The Balaban J connectivity index is 4.27. The lowest BCUT2D eigenvalue weighted by Crippen LogP contribution is -2.40. The van der Waals surface area contributed by atoms with Crippen LogP contribution in [0, 0.1) is 0 Å². The highest BCUT2D eigenvalue weighted by atomic mass is 16.5. The van der Waals surface area contributed by atoms with Gasteiger partial charge in [0.2, 0.25) is 5.91 Å². The predicted octanol–water partition coefficient (Wildman–Crippen LogP) is 15.4. The Kier molecular flexibility index (Phi) is 45.7. The number of carboxylic acids is 1. The van der Waals surface area contributed by atoms with E-state index in [0.29, 0.717) is 32.2 Å². The number of carbonyl (C=O) groups excluding carboxylic acids is 2. The molecule has 4 N–H and O–H groups in total. The molecule has 2 unspecified atom stereocenters. The fourth-order valence-corrected chi connectivity index (χ4v) is 8.15. The number of hydrogen-bond donors (Lipinski definition) is 3. The van der Waals surface area contributed by atoms with Crippen LogP contribution in [-0.2, 0) is 19.1 Å². The van der Waals surface area contributed by atoms with Gasteiger partial charge in [0.05, 0.1) is 0 Å². The molecule has 0 aromatic heterocycles. The third-order valence-corrected chi connectivity index (χ3v) is 12.1. The number of ether oxygens (including phenoxy) is 1. The Morgan fingerprint density at radius 1 is 0.475 bits per heavy atom. The highest BCUT2D eigenvalue weighted by Gasteiger charge is 2.19. The van der Waals surface area contributed by atoms with Crippen molar-refractivity contribution in [3.05, 3.63) is 12.2 Å². The lowest BCUT2D eigenvalue weighted by atomic mass is 10.0. The molecular formula is C52H100N2O5. The average molecular weight is 833 g/mol. The number of allylic oxidation sites excluding steroid dienone is 2. The summed E-state index contributed by atoms with van der Waals surface area (Å²) in [5.74, 6) is -1.22. The summed E-state index contributed by atoms with van der Waals surface area (Å²) in [5, 5.41) is 12.0. The van der Waals surface area contributed by atoms with Crippen molar-refractivity contribution in [2.45, 2.75) is 296 Å². The van der Waals surface area contributed by atoms with Crippen molar-refractivity contribution in [1.82, 2.24) is 5.32 Å². The molecular weight excluding hydrogens is 733 g/mol. The first kappa shape index (κ1) is 57.1. The lowest BCUT2D eigenvalue weighted by Gasteiger charge is -2.18. The molecule has 59 heavy (non-hydrogen) atoms. The van der Waals surface area contributed by atoms with E-state index in [9.17, 15) is 19.5 Å². The molecule has 0 bridgehead atoms. The number of esters is 1. The first-order chi connectivity index (χ1) is 28.9. The molecule has 0 aromatic rings. The molecule has 7 nitrogen and oxygen atoms in total. The van der Waals surface area contributed by atoms with E-state index in [-0.39, 0.29) is 18.0 Å². The highest BCUT2D eigenvalue weighted by molar-refractivity contribution is 5.83. The second-order valence-electron chi connectivity index (χ2n) is 17.9. The van der Waals surface area contributed by atoms with Crippen molar-refractivity contribution in [2.24, 2.45) is 5.73 Å². The van der Waals surface area contributed by atoms with Gasteiger partial charge in [-0.05, 0) is 83.6 Å². The van der Waals surface area contributed by atoms with E-state index >= 15 is 0 Å². The molecule has 348 valence electrons. The molecule has 0 aliphatic heterocycles. The van der Waals surface area contributed by atoms with Gasteiger partial charge in [0.15, 0.2) is 0 Å². The van der Waals surface area contributed by atoms with E-state index in [1.165, 1.54) is 173 Å². The molecule has 1 amide bonds. The van der Waals surface area contributed by atoms with Crippen LogP contribution >= 0.6 is 0 Å². The summed E-state index contributed by atoms with van der Waals surface area (Å²) in [7, 11) is 0. The van der Waals surface area contributed by atoms with Crippen LogP contribution in [-0.4, -0.2) is 41.6 Å². The molecule has 0 heterocycles. The molecule has 0 rings (SSSR count). The quantitative estimate of drug-likeness (QED) is 0.0319. The monoisotopic (exact) mass is 833 g/mol. The maximum Gasteiger partial charge on any atom is 0.326 e. The highest BCUT2D eigenvalue weighted by Crippen LogP contribution is 2.19. The Morgan fingerprint density at radius 2 is 0.831 bits per heavy atom. The van der Waals surface area contributed by atoms with Gasteiger partial charge in [-0.2, -0.15) is 0 Å². The fraction of sp³-hybridized carbons (Fsp3) is 0.904. The number of aliphatic carboxylic acids is 1. The largest absolute Gasteiger partial charge is 0.480 e. The van der Waals surface area contributed by atoms with Gasteiger partial charge in [0.25, 0.3) is 0 Å². The van der Waals surface area contributed by atoms with Crippen molar-refractivity contribution in [1.29, 1.82) is 0 Å². The standard InChI is InChI=1S/C52H100N2O5/c1-3-5-7-9-11-13-15-17-19-20-21-23-25-27-29-31-36-40-46-51(56)59-48(42-37-33-30-28-26-24-22-18-16-14-12-10-8-6-4-2)43-38-34-32-35-39-45-50(55)54-49(52(57)58)44-41-47-53/h24,26,48-49H,3-23,25,27-47,53H2,1-2H3,(H,54,55)(H,57,58)/b26-24-. The van der Waals surface area contributed by atoms with Crippen LogP contribution in [0.2, 0.25) is 0 Å². The van der Waals surface area contributed by atoms with E-state index in [2.05, 4.69) is 31.3 Å². The van der Waals surface area contributed by atoms with E-state index in [1.807, 2.05) is 0 Å². The Bertz CT molecular complexity index is 940. The molecule has 0 aliphatic rings. The maximum atomic E-state index is 12.9. The second-order valence-corrected chi connectivity index (χ2v) is 17.9. The molecule has 0 radical (unpaired) electrons. The van der Waals surface area contributed by atoms with Gasteiger partial charge in [-0.3, -0.25) is 9.59 Å². The van der Waals surface area contributed by atoms with Crippen molar-refractivity contribution >= 4 is 17.8 Å². The second kappa shape index (κ2) is 47.2. The van der Waals surface area contributed by atoms with Crippen molar-refractivity contribution in [3.63, 3.8) is 0 Å². The summed E-state index contributed by atoms with van der Waals surface area (Å²) in [5.41, 5.74) is 5.50. The summed E-state index contributed by atoms with van der Waals surface area (Å²) in [6, 6.07) is -0.856. The van der Waals surface area contributed by atoms with Gasteiger partial charge in [-0.25, -0.2) is 4.79 Å². The van der Waals surface area contributed by atoms with Crippen LogP contribution in [0.3, 0.4) is 0 Å². The van der Waals surface area contributed by atoms with Crippen LogP contribution in [0.1, 0.15) is 284 Å². The topological polar surface area (TPSA) is 119 Å². The lowest BCUT2D eigenvalue weighted by molar-refractivity contribution is -0.150. The minimum absolute atomic E-state index is 0.00261. The molecule has 0 aromatic carbocycles. The van der Waals surface area contributed by atoms with Gasteiger partial charge in [0, 0.05) is 12.8 Å². The average Bonchev–Trinajstić information content (AvgIpc) is 3.22. The van der Waals surface area contributed by atoms with Gasteiger partial charge in [-0.15, -0.1) is 0 Å². The molecule has 0 saturated carbocycles. The fourth-order valence-electron chi connectivity index (χ4n) is 8.15. The first-order valence-corrected chi connectivity index (χ1v) is 26.0. The maximum absolute atomic E-state index is 12.9. The molecule has 0 fully saturated rings. The summed E-state index contributed by atoms with van der Waals surface area (Å²) >= 11 is 0. The van der Waals surface area contributed by atoms with Gasteiger partial charge < -0.3 is 20.9 Å². The number of nitrogens with one attached hydrogen (secondary N) is 1. The third-order valence-electron chi connectivity index (χ3n) is 12.1. The van der Waals surface area contributed by atoms with Crippen molar-refractivity contribution in [2.75, 3.05) is 6.54 Å². The summed E-state index contributed by atoms with van der Waals surface area (Å²) in [6.45, 7) is 4.98. The van der Waals surface area contributed by atoms with Crippen molar-refractivity contribution < 1.29 is 24.2 Å². The number of carboxylic acid groups (broad SMARTS) is 1. The smallest absolute Gasteiger partial charge is 0.326 e. The molecule has 0 saturated heterocycles. The molecule has 2 atom stereocenters. The zero-order chi connectivity index (χ0) is 43.1. The van der Waals surface area contributed by atoms with E-state index in [4.69, 9.17) is 10.5 Å². The van der Waals surface area contributed by atoms with Crippen LogP contribution in [0.5, 0.6) is 0 Å². The minimum atomic E-state index is -1.00. The summed E-state index contributed by atoms with van der Waals surface area (Å²) < 4.78 is 6.08. The van der Waals surface area contributed by atoms with Crippen LogP contribution < -0.4 is 11.1 Å². The molecule has 0 aliphatic carbocycles. The third kappa shape index (κ3) is 44.0. The number of nitrogens with two attached hydrogens (primary N) is 1. The molecule has 7 heteroatoms. The zero-order valence-corrected chi connectivity index (χ0v) is 39.4. The number of amides is 1. The SMILES string of the molecule is CCCCCCCCCC/C=C\CCCCCC(CCCCCCCC(=O)NC(CCCN)C(=O)O)OC(=O)CCCCCCCCCCCCCCCCCCCC.